The van der Waals surface area contributed by atoms with Gasteiger partial charge in [-0.25, -0.2) is 0 Å². The van der Waals surface area contributed by atoms with Crippen LogP contribution in [0.2, 0.25) is 0 Å². The average Bonchev–Trinajstić information content (AvgIpc) is 3.27. The van der Waals surface area contributed by atoms with Gasteiger partial charge in [0.05, 0.1) is 32.0 Å². The molecule has 0 saturated carbocycles. The summed E-state index contributed by atoms with van der Waals surface area (Å²) in [5, 5.41) is 0. The Morgan fingerprint density at radius 1 is 0.468 bits per heavy atom. The first kappa shape index (κ1) is 55.5. The molecule has 0 aromatic heterocycles. The van der Waals surface area contributed by atoms with Crippen molar-refractivity contribution in [1.29, 1.82) is 0 Å². The molecule has 13 heteroatoms. The molecule has 13 unspecified atom stereocenters. The molecular weight excluding hydrogens is 797 g/mol. The van der Waals surface area contributed by atoms with Crippen LogP contribution in [0.4, 0.5) is 0 Å². The summed E-state index contributed by atoms with van der Waals surface area (Å²) < 4.78 is 87.0. The van der Waals surface area contributed by atoms with E-state index >= 15 is 0 Å². The predicted molar refractivity (Wildman–Crippen MR) is 242 cm³/mol. The zero-order valence-corrected chi connectivity index (χ0v) is 40.5. The van der Waals surface area contributed by atoms with E-state index in [0.717, 1.165) is 89.9 Å². The van der Waals surface area contributed by atoms with Gasteiger partial charge in [0.25, 0.3) is 0 Å². The van der Waals surface area contributed by atoms with Crippen molar-refractivity contribution in [3.05, 3.63) is 12.7 Å². The van der Waals surface area contributed by atoms with E-state index in [9.17, 15) is 0 Å². The van der Waals surface area contributed by atoms with E-state index < -0.39 is 67.5 Å². The van der Waals surface area contributed by atoms with Crippen LogP contribution in [0.5, 0.6) is 0 Å². The third-order valence-electron chi connectivity index (χ3n) is 11.7. The summed E-state index contributed by atoms with van der Waals surface area (Å²) in [5.41, 5.74) is 0. The second-order valence-electron chi connectivity index (χ2n) is 17.1. The fourth-order valence-corrected chi connectivity index (χ4v) is 7.88. The molecular formula is C49H92O13. The molecule has 13 atom stereocenters. The Balaban J connectivity index is 2.05. The summed E-state index contributed by atoms with van der Waals surface area (Å²) in [6.07, 6.45) is 9.12. The molecule has 0 N–H and O–H groups in total. The largest absolute Gasteiger partial charge is 0.379 e. The zero-order valence-electron chi connectivity index (χ0n) is 40.5. The van der Waals surface area contributed by atoms with Crippen LogP contribution < -0.4 is 0 Å². The number of ether oxygens (including phenoxy) is 13. The Morgan fingerprint density at radius 3 is 1.42 bits per heavy atom. The van der Waals surface area contributed by atoms with Gasteiger partial charge in [-0.3, -0.25) is 0 Å². The molecule has 0 spiro atoms. The SMILES string of the molecule is C=CCOC1C(OCCCC)C(COCCCC)OC(OC2CCOC(COCCCC)C2OC2OC(C)C(OCCCC)C(OCCCC)C2OCCCC)C1OCCCC. The second kappa shape index (κ2) is 34.5. The van der Waals surface area contributed by atoms with Crippen LogP contribution >= 0.6 is 0 Å². The average molecular weight is 889 g/mol. The van der Waals surface area contributed by atoms with Crippen molar-refractivity contribution in [3.63, 3.8) is 0 Å². The van der Waals surface area contributed by atoms with Crippen molar-refractivity contribution >= 4 is 0 Å². The summed E-state index contributed by atoms with van der Waals surface area (Å²) in [7, 11) is 0. The van der Waals surface area contributed by atoms with E-state index in [1.807, 2.05) is 6.92 Å². The summed E-state index contributed by atoms with van der Waals surface area (Å²) in [6.45, 7) is 26.7. The molecule has 0 aromatic carbocycles. The highest BCUT2D eigenvalue weighted by atomic mass is 16.8. The molecule has 0 aromatic rings. The Kier molecular flexibility index (Phi) is 30.9. The van der Waals surface area contributed by atoms with E-state index in [-0.39, 0.29) is 12.2 Å². The molecule has 3 fully saturated rings. The van der Waals surface area contributed by atoms with Gasteiger partial charge >= 0.3 is 0 Å². The predicted octanol–water partition coefficient (Wildman–Crippen LogP) is 9.15. The van der Waals surface area contributed by atoms with Crippen LogP contribution in [0.15, 0.2) is 12.7 Å². The maximum absolute atomic E-state index is 7.21. The fraction of sp³-hybridized carbons (Fsp3) is 0.959. The molecule has 366 valence electrons. The maximum atomic E-state index is 7.21. The van der Waals surface area contributed by atoms with E-state index in [2.05, 4.69) is 55.0 Å². The van der Waals surface area contributed by atoms with Gasteiger partial charge in [0, 0.05) is 52.9 Å². The smallest absolute Gasteiger partial charge is 0.187 e. The molecule has 3 aliphatic heterocycles. The molecule has 0 radical (unpaired) electrons. The van der Waals surface area contributed by atoms with Crippen molar-refractivity contribution in [3.8, 4) is 0 Å². The molecule has 3 saturated heterocycles. The minimum Gasteiger partial charge on any atom is -0.379 e. The molecule has 13 nitrogen and oxygen atoms in total. The Morgan fingerprint density at radius 2 is 0.903 bits per heavy atom. The van der Waals surface area contributed by atoms with Crippen molar-refractivity contribution in [2.75, 3.05) is 72.7 Å². The number of hydrogen-bond donors (Lipinski definition) is 0. The zero-order chi connectivity index (χ0) is 44.8. The summed E-state index contributed by atoms with van der Waals surface area (Å²) in [4.78, 5) is 0. The first-order valence-corrected chi connectivity index (χ1v) is 25.1. The Bertz CT molecular complexity index is 1070. The van der Waals surface area contributed by atoms with Crippen molar-refractivity contribution in [2.45, 2.75) is 231 Å². The van der Waals surface area contributed by atoms with Crippen LogP contribution in [-0.2, 0) is 61.6 Å². The standard InChI is InChI=1S/C49H92O13/c1-10-18-27-50-35-39-42(62-48-46(57-32-23-15-6)44(56-31-22-14-5)41(37(9)59-48)54-29-20-12-3)38(25-34-52-39)60-49-47(58-33-24-16-7)45(53-26-17-8)43(55-30-21-13-4)40(61-49)36-51-28-19-11-2/h17,37-49H,8,10-16,18-36H2,1-7,9H3. The maximum Gasteiger partial charge on any atom is 0.187 e. The van der Waals surface area contributed by atoms with Gasteiger partial charge in [-0.1, -0.05) is 99.5 Å². The number of rotatable bonds is 37. The topological polar surface area (TPSA) is 120 Å². The molecule has 62 heavy (non-hydrogen) atoms. The van der Waals surface area contributed by atoms with Gasteiger partial charge in [-0.15, -0.1) is 6.58 Å². The summed E-state index contributed by atoms with van der Waals surface area (Å²) in [5.74, 6) is 0. The van der Waals surface area contributed by atoms with Crippen molar-refractivity contribution in [1.82, 2.24) is 0 Å². The third kappa shape index (κ3) is 19.2. The van der Waals surface area contributed by atoms with Gasteiger partial charge in [0.1, 0.15) is 54.9 Å². The highest BCUT2D eigenvalue weighted by molar-refractivity contribution is 4.97. The number of unbranched alkanes of at least 4 members (excludes halogenated alkanes) is 7. The third-order valence-corrected chi connectivity index (χ3v) is 11.7. The van der Waals surface area contributed by atoms with E-state index in [4.69, 9.17) is 61.6 Å². The second-order valence-corrected chi connectivity index (χ2v) is 17.1. The van der Waals surface area contributed by atoms with Crippen molar-refractivity contribution < 1.29 is 61.6 Å². The lowest BCUT2D eigenvalue weighted by molar-refractivity contribution is -0.366. The summed E-state index contributed by atoms with van der Waals surface area (Å²) >= 11 is 0. The molecule has 0 amide bonds. The van der Waals surface area contributed by atoms with Gasteiger partial charge in [0.15, 0.2) is 12.6 Å². The van der Waals surface area contributed by atoms with Gasteiger partial charge < -0.3 is 61.6 Å². The van der Waals surface area contributed by atoms with Crippen LogP contribution in [0.1, 0.15) is 152 Å². The molecule has 3 aliphatic rings. The van der Waals surface area contributed by atoms with E-state index in [0.29, 0.717) is 79.1 Å². The Hall–Kier alpha value is -0.780. The van der Waals surface area contributed by atoms with E-state index in [1.165, 1.54) is 0 Å². The van der Waals surface area contributed by atoms with Crippen LogP contribution in [-0.4, -0.2) is 152 Å². The van der Waals surface area contributed by atoms with Crippen LogP contribution in [0, 0.1) is 0 Å². The minimum atomic E-state index is -0.826. The first-order chi connectivity index (χ1) is 30.4. The highest BCUT2D eigenvalue weighted by Crippen LogP contribution is 2.36. The molecule has 3 rings (SSSR count). The molecule has 3 heterocycles. The number of hydrogen-bond acceptors (Lipinski definition) is 13. The van der Waals surface area contributed by atoms with Crippen molar-refractivity contribution in [2.24, 2.45) is 0 Å². The normalized spacial score (nSPS) is 31.7. The molecule has 0 aliphatic carbocycles. The van der Waals surface area contributed by atoms with Gasteiger partial charge in [-0.2, -0.15) is 0 Å². The van der Waals surface area contributed by atoms with Gasteiger partial charge in [0.2, 0.25) is 0 Å². The van der Waals surface area contributed by atoms with E-state index in [1.54, 1.807) is 6.08 Å². The monoisotopic (exact) mass is 889 g/mol. The lowest BCUT2D eigenvalue weighted by Gasteiger charge is -2.49. The fourth-order valence-electron chi connectivity index (χ4n) is 7.88. The Labute approximate surface area is 377 Å². The van der Waals surface area contributed by atoms with Crippen LogP contribution in [0.25, 0.3) is 0 Å². The minimum absolute atomic E-state index is 0.319. The first-order valence-electron chi connectivity index (χ1n) is 25.1. The lowest BCUT2D eigenvalue weighted by atomic mass is 9.96. The van der Waals surface area contributed by atoms with Crippen LogP contribution in [0.3, 0.4) is 0 Å². The quantitative estimate of drug-likeness (QED) is 0.0436. The summed E-state index contributed by atoms with van der Waals surface area (Å²) in [6, 6.07) is 0. The highest BCUT2D eigenvalue weighted by Gasteiger charge is 2.53. The molecule has 0 bridgehead atoms. The lowest BCUT2D eigenvalue weighted by Crippen LogP contribution is -2.65. The van der Waals surface area contributed by atoms with Gasteiger partial charge in [-0.05, 0) is 58.3 Å².